The van der Waals surface area contributed by atoms with Crippen molar-refractivity contribution in [2.45, 2.75) is 19.9 Å². The molecule has 4 heteroatoms. The standard InChI is InChI=1S/C14H20FN3/c1-10(2)14(9-18(3)4)17-13-7-5-6-12(15)11(13)8-16/h5-7,10,14,17H,9H2,1-4H3. The molecule has 98 valence electrons. The molecule has 0 bridgehead atoms. The Bertz CT molecular complexity index is 435. The van der Waals surface area contributed by atoms with Gasteiger partial charge in [-0.25, -0.2) is 4.39 Å². The van der Waals surface area contributed by atoms with Gasteiger partial charge in [-0.3, -0.25) is 0 Å². The van der Waals surface area contributed by atoms with Crippen LogP contribution in [0.1, 0.15) is 19.4 Å². The summed E-state index contributed by atoms with van der Waals surface area (Å²) in [4.78, 5) is 2.07. The summed E-state index contributed by atoms with van der Waals surface area (Å²) in [5, 5.41) is 12.3. The monoisotopic (exact) mass is 249 g/mol. The van der Waals surface area contributed by atoms with E-state index in [4.69, 9.17) is 5.26 Å². The number of hydrogen-bond donors (Lipinski definition) is 1. The van der Waals surface area contributed by atoms with Crippen LogP contribution in [-0.4, -0.2) is 31.6 Å². The van der Waals surface area contributed by atoms with Crippen molar-refractivity contribution in [1.29, 1.82) is 5.26 Å². The highest BCUT2D eigenvalue weighted by Gasteiger charge is 2.17. The maximum Gasteiger partial charge on any atom is 0.143 e. The van der Waals surface area contributed by atoms with Gasteiger partial charge in [0.05, 0.1) is 5.69 Å². The SMILES string of the molecule is CC(C)C(CN(C)C)Nc1cccc(F)c1C#N. The molecule has 18 heavy (non-hydrogen) atoms. The minimum Gasteiger partial charge on any atom is -0.380 e. The van der Waals surface area contributed by atoms with E-state index in [9.17, 15) is 4.39 Å². The van der Waals surface area contributed by atoms with Gasteiger partial charge in [-0.2, -0.15) is 5.26 Å². The summed E-state index contributed by atoms with van der Waals surface area (Å²) in [7, 11) is 3.99. The molecule has 0 spiro atoms. The van der Waals surface area contributed by atoms with Crippen LogP contribution in [0.5, 0.6) is 0 Å². The Balaban J connectivity index is 2.94. The molecule has 0 radical (unpaired) electrons. The molecular formula is C14H20FN3. The van der Waals surface area contributed by atoms with Crippen LogP contribution in [0, 0.1) is 23.1 Å². The van der Waals surface area contributed by atoms with Crippen molar-refractivity contribution in [3.63, 3.8) is 0 Å². The number of likely N-dealkylation sites (N-methyl/N-ethyl adjacent to an activating group) is 1. The number of rotatable bonds is 5. The normalized spacial score (nSPS) is 12.6. The lowest BCUT2D eigenvalue weighted by Crippen LogP contribution is -2.36. The maximum absolute atomic E-state index is 13.5. The summed E-state index contributed by atoms with van der Waals surface area (Å²) in [5.74, 6) is -0.0860. The Kier molecular flexibility index (Phi) is 5.11. The third kappa shape index (κ3) is 3.71. The minimum absolute atomic E-state index is 0.0851. The fourth-order valence-electron chi connectivity index (χ4n) is 1.77. The molecule has 1 unspecified atom stereocenters. The quantitative estimate of drug-likeness (QED) is 0.872. The second-order valence-corrected chi connectivity index (χ2v) is 5.03. The Labute approximate surface area is 108 Å². The van der Waals surface area contributed by atoms with Crippen molar-refractivity contribution < 1.29 is 4.39 Å². The first kappa shape index (κ1) is 14.5. The summed E-state index contributed by atoms with van der Waals surface area (Å²) >= 11 is 0. The van der Waals surface area contributed by atoms with E-state index in [1.54, 1.807) is 12.1 Å². The van der Waals surface area contributed by atoms with Gasteiger partial charge in [0.2, 0.25) is 0 Å². The van der Waals surface area contributed by atoms with Crippen LogP contribution >= 0.6 is 0 Å². The summed E-state index contributed by atoms with van der Waals surface area (Å²) in [6, 6.07) is 6.75. The molecule has 0 heterocycles. The Hall–Kier alpha value is -1.60. The van der Waals surface area contributed by atoms with Gasteiger partial charge in [0.25, 0.3) is 0 Å². The fourth-order valence-corrected chi connectivity index (χ4v) is 1.77. The number of anilines is 1. The van der Waals surface area contributed by atoms with Gasteiger partial charge in [-0.05, 0) is 32.1 Å². The van der Waals surface area contributed by atoms with Crippen LogP contribution in [0.25, 0.3) is 0 Å². The summed E-state index contributed by atoms with van der Waals surface area (Å²) < 4.78 is 13.5. The number of nitrogens with one attached hydrogen (secondary N) is 1. The summed E-state index contributed by atoms with van der Waals surface area (Å²) in [6.07, 6.45) is 0. The second kappa shape index (κ2) is 6.36. The fraction of sp³-hybridized carbons (Fsp3) is 0.500. The zero-order valence-electron chi connectivity index (χ0n) is 11.4. The Morgan fingerprint density at radius 1 is 1.39 bits per heavy atom. The van der Waals surface area contributed by atoms with E-state index in [-0.39, 0.29) is 11.6 Å². The molecule has 0 saturated heterocycles. The van der Waals surface area contributed by atoms with E-state index in [0.717, 1.165) is 6.54 Å². The molecule has 1 N–H and O–H groups in total. The second-order valence-electron chi connectivity index (χ2n) is 5.03. The third-order valence-electron chi connectivity index (χ3n) is 2.83. The van der Waals surface area contributed by atoms with Gasteiger partial charge in [0.1, 0.15) is 17.4 Å². The van der Waals surface area contributed by atoms with Crippen molar-refractivity contribution in [2.24, 2.45) is 5.92 Å². The summed E-state index contributed by atoms with van der Waals surface area (Å²) in [6.45, 7) is 5.04. The largest absolute Gasteiger partial charge is 0.380 e. The zero-order valence-corrected chi connectivity index (χ0v) is 11.4. The van der Waals surface area contributed by atoms with Crippen LogP contribution < -0.4 is 5.32 Å². The van der Waals surface area contributed by atoms with Crippen LogP contribution in [0.3, 0.4) is 0 Å². The highest BCUT2D eigenvalue weighted by molar-refractivity contribution is 5.58. The molecule has 0 saturated carbocycles. The maximum atomic E-state index is 13.5. The molecule has 1 rings (SSSR count). The highest BCUT2D eigenvalue weighted by atomic mass is 19.1. The van der Waals surface area contributed by atoms with Crippen LogP contribution in [0.15, 0.2) is 18.2 Å². The van der Waals surface area contributed by atoms with Crippen LogP contribution in [0.2, 0.25) is 0 Å². The number of nitrogens with zero attached hydrogens (tertiary/aromatic N) is 2. The van der Waals surface area contributed by atoms with E-state index in [1.165, 1.54) is 6.07 Å². The van der Waals surface area contributed by atoms with Gasteiger partial charge in [0.15, 0.2) is 0 Å². The van der Waals surface area contributed by atoms with Crippen molar-refractivity contribution in [3.8, 4) is 6.07 Å². The molecule has 0 fully saturated rings. The average Bonchev–Trinajstić information content (AvgIpc) is 2.27. The molecular weight excluding hydrogens is 229 g/mol. The van der Waals surface area contributed by atoms with Gasteiger partial charge in [-0.15, -0.1) is 0 Å². The van der Waals surface area contributed by atoms with E-state index in [1.807, 2.05) is 20.2 Å². The first-order chi connectivity index (χ1) is 8.45. The molecule has 1 atom stereocenters. The molecule has 0 aliphatic heterocycles. The average molecular weight is 249 g/mol. The smallest absolute Gasteiger partial charge is 0.143 e. The first-order valence-corrected chi connectivity index (χ1v) is 6.05. The van der Waals surface area contributed by atoms with Gasteiger partial charge in [0, 0.05) is 12.6 Å². The van der Waals surface area contributed by atoms with Gasteiger partial charge >= 0.3 is 0 Å². The van der Waals surface area contributed by atoms with Crippen molar-refractivity contribution in [1.82, 2.24) is 4.90 Å². The lowest BCUT2D eigenvalue weighted by atomic mass is 10.0. The highest BCUT2D eigenvalue weighted by Crippen LogP contribution is 2.20. The number of hydrogen-bond acceptors (Lipinski definition) is 3. The predicted octanol–water partition coefficient (Wildman–Crippen LogP) is 2.70. The molecule has 0 amide bonds. The van der Waals surface area contributed by atoms with E-state index >= 15 is 0 Å². The van der Waals surface area contributed by atoms with Crippen LogP contribution in [0.4, 0.5) is 10.1 Å². The van der Waals surface area contributed by atoms with E-state index in [0.29, 0.717) is 11.6 Å². The topological polar surface area (TPSA) is 39.1 Å². The number of halogens is 1. The Morgan fingerprint density at radius 2 is 2.06 bits per heavy atom. The molecule has 1 aromatic rings. The number of nitriles is 1. The van der Waals surface area contributed by atoms with Gasteiger partial charge in [-0.1, -0.05) is 19.9 Å². The lowest BCUT2D eigenvalue weighted by molar-refractivity contribution is 0.344. The third-order valence-corrected chi connectivity index (χ3v) is 2.83. The van der Waals surface area contributed by atoms with Crippen molar-refractivity contribution >= 4 is 5.69 Å². The lowest BCUT2D eigenvalue weighted by Gasteiger charge is -2.27. The first-order valence-electron chi connectivity index (χ1n) is 6.05. The van der Waals surface area contributed by atoms with E-state index in [2.05, 4.69) is 24.1 Å². The molecule has 0 aliphatic rings. The van der Waals surface area contributed by atoms with Crippen LogP contribution in [-0.2, 0) is 0 Å². The number of benzene rings is 1. The van der Waals surface area contributed by atoms with Crippen molar-refractivity contribution in [2.75, 3.05) is 26.0 Å². The molecule has 0 aromatic heterocycles. The Morgan fingerprint density at radius 3 is 2.56 bits per heavy atom. The molecule has 1 aromatic carbocycles. The minimum atomic E-state index is -0.477. The molecule has 3 nitrogen and oxygen atoms in total. The predicted molar refractivity (Wildman–Crippen MR) is 71.9 cm³/mol. The van der Waals surface area contributed by atoms with E-state index < -0.39 is 5.82 Å². The summed E-state index contributed by atoms with van der Waals surface area (Å²) in [5.41, 5.74) is 0.653. The molecule has 0 aliphatic carbocycles. The zero-order chi connectivity index (χ0) is 13.7. The van der Waals surface area contributed by atoms with Crippen molar-refractivity contribution in [3.05, 3.63) is 29.6 Å². The van der Waals surface area contributed by atoms with Gasteiger partial charge < -0.3 is 10.2 Å².